The number of aromatic amines is 1. The Bertz CT molecular complexity index is 712. The van der Waals surface area contributed by atoms with Crippen molar-refractivity contribution in [2.75, 3.05) is 13.1 Å². The Hall–Kier alpha value is -2.21. The first kappa shape index (κ1) is 16.3. The molecule has 25 heavy (non-hydrogen) atoms. The van der Waals surface area contributed by atoms with E-state index in [1.54, 1.807) is 18.3 Å². The molecule has 2 fully saturated rings. The molecular weight excluding hydrogens is 319 g/mol. The highest BCUT2D eigenvalue weighted by molar-refractivity contribution is 5.83. The second kappa shape index (κ2) is 6.96. The van der Waals surface area contributed by atoms with Gasteiger partial charge in [0.25, 0.3) is 0 Å². The van der Waals surface area contributed by atoms with E-state index in [2.05, 4.69) is 20.4 Å². The average molecular weight is 342 g/mol. The summed E-state index contributed by atoms with van der Waals surface area (Å²) in [5, 5.41) is 10.2. The number of benzene rings is 1. The molecule has 132 valence electrons. The van der Waals surface area contributed by atoms with Gasteiger partial charge in [0.1, 0.15) is 11.9 Å². The number of hydrogen-bond donors (Lipinski definition) is 2. The predicted molar refractivity (Wildman–Crippen MR) is 92.4 cm³/mol. The molecule has 0 bridgehead atoms. The molecule has 0 radical (unpaired) electrons. The van der Waals surface area contributed by atoms with E-state index in [4.69, 9.17) is 0 Å². The molecule has 6 heteroatoms. The lowest BCUT2D eigenvalue weighted by Gasteiger charge is -2.37. The fraction of sp³-hybridized carbons (Fsp3) is 0.474. The van der Waals surface area contributed by atoms with Crippen molar-refractivity contribution in [1.29, 1.82) is 0 Å². The van der Waals surface area contributed by atoms with Crippen molar-refractivity contribution in [2.24, 2.45) is 0 Å². The van der Waals surface area contributed by atoms with Gasteiger partial charge >= 0.3 is 0 Å². The van der Waals surface area contributed by atoms with Crippen LogP contribution in [-0.4, -0.2) is 40.1 Å². The molecule has 5 nitrogen and oxygen atoms in total. The molecule has 1 saturated heterocycles. The molecule has 1 aliphatic heterocycles. The number of nitrogens with zero attached hydrogens (tertiary/aromatic N) is 2. The Morgan fingerprint density at radius 2 is 2.04 bits per heavy atom. The third kappa shape index (κ3) is 3.74. The third-order valence-corrected chi connectivity index (χ3v) is 5.14. The average Bonchev–Trinajstić information content (AvgIpc) is 3.25. The van der Waals surface area contributed by atoms with Crippen molar-refractivity contribution in [2.45, 2.75) is 43.7 Å². The number of likely N-dealkylation sites (tertiary alicyclic amines) is 1. The molecule has 2 aromatic rings. The summed E-state index contributed by atoms with van der Waals surface area (Å²) in [6.07, 6.45) is 5.99. The van der Waals surface area contributed by atoms with E-state index in [-0.39, 0.29) is 17.8 Å². The van der Waals surface area contributed by atoms with Gasteiger partial charge in [0, 0.05) is 30.4 Å². The molecule has 0 unspecified atom stereocenters. The van der Waals surface area contributed by atoms with E-state index in [1.807, 2.05) is 6.07 Å². The zero-order valence-electron chi connectivity index (χ0n) is 14.1. The van der Waals surface area contributed by atoms with Crippen LogP contribution in [0.1, 0.15) is 48.9 Å². The van der Waals surface area contributed by atoms with E-state index < -0.39 is 0 Å². The Balaban J connectivity index is 1.57. The Morgan fingerprint density at radius 3 is 2.72 bits per heavy atom. The van der Waals surface area contributed by atoms with Crippen molar-refractivity contribution < 1.29 is 9.18 Å². The zero-order valence-corrected chi connectivity index (χ0v) is 14.1. The number of piperidine rings is 1. The van der Waals surface area contributed by atoms with E-state index in [1.165, 1.54) is 12.1 Å². The molecule has 0 spiro atoms. The minimum Gasteiger partial charge on any atom is -0.352 e. The highest BCUT2D eigenvalue weighted by Gasteiger charge is 2.35. The summed E-state index contributed by atoms with van der Waals surface area (Å²) in [5.74, 6) is 0.0892. The molecule has 4 rings (SSSR count). The van der Waals surface area contributed by atoms with Crippen LogP contribution in [0.3, 0.4) is 0 Å². The number of carbonyl (C=O) groups excluding carboxylic acids is 1. The zero-order chi connectivity index (χ0) is 17.2. The number of aromatic nitrogens is 2. The van der Waals surface area contributed by atoms with Crippen LogP contribution in [0.2, 0.25) is 0 Å². The van der Waals surface area contributed by atoms with Crippen molar-refractivity contribution in [3.05, 3.63) is 53.6 Å². The molecule has 2 atom stereocenters. The van der Waals surface area contributed by atoms with Gasteiger partial charge in [0.05, 0.1) is 0 Å². The number of H-pyrrole nitrogens is 1. The smallest absolute Gasteiger partial charge is 0.242 e. The molecule has 2 heterocycles. The third-order valence-electron chi connectivity index (χ3n) is 5.14. The summed E-state index contributed by atoms with van der Waals surface area (Å²) in [6, 6.07) is 8.27. The molecule has 1 aliphatic carbocycles. The number of carbonyl (C=O) groups is 1. The number of amides is 1. The normalized spacial score (nSPS) is 22.5. The van der Waals surface area contributed by atoms with Gasteiger partial charge in [-0.25, -0.2) is 4.39 Å². The van der Waals surface area contributed by atoms with E-state index >= 15 is 0 Å². The molecule has 1 aromatic carbocycles. The fourth-order valence-corrected chi connectivity index (χ4v) is 3.67. The summed E-state index contributed by atoms with van der Waals surface area (Å²) >= 11 is 0. The monoisotopic (exact) mass is 342 g/mol. The van der Waals surface area contributed by atoms with Gasteiger partial charge in [-0.05, 0) is 56.0 Å². The molecule has 2 aliphatic rings. The maximum Gasteiger partial charge on any atom is 0.242 e. The van der Waals surface area contributed by atoms with Crippen LogP contribution in [0.25, 0.3) is 0 Å². The van der Waals surface area contributed by atoms with Crippen molar-refractivity contribution >= 4 is 5.91 Å². The number of hydrogen-bond acceptors (Lipinski definition) is 3. The SMILES string of the molecule is O=C(NC1CC1)[C@@H](c1ccc(F)cc1)N1CCC[C@H](c2ccn[nH]2)C1. The van der Waals surface area contributed by atoms with Crippen LogP contribution in [0.15, 0.2) is 36.5 Å². The summed E-state index contributed by atoms with van der Waals surface area (Å²) in [5.41, 5.74) is 1.97. The van der Waals surface area contributed by atoms with E-state index in [9.17, 15) is 9.18 Å². The maximum absolute atomic E-state index is 13.3. The van der Waals surface area contributed by atoms with Crippen LogP contribution in [-0.2, 0) is 4.79 Å². The maximum atomic E-state index is 13.3. The van der Waals surface area contributed by atoms with Crippen LogP contribution < -0.4 is 5.32 Å². The van der Waals surface area contributed by atoms with E-state index in [0.717, 1.165) is 50.0 Å². The van der Waals surface area contributed by atoms with Crippen LogP contribution in [0.4, 0.5) is 4.39 Å². The Morgan fingerprint density at radius 1 is 1.24 bits per heavy atom. The van der Waals surface area contributed by atoms with Gasteiger partial charge in [-0.2, -0.15) is 5.10 Å². The quantitative estimate of drug-likeness (QED) is 0.878. The minimum absolute atomic E-state index is 0.0272. The van der Waals surface area contributed by atoms with Crippen molar-refractivity contribution in [1.82, 2.24) is 20.4 Å². The Kier molecular flexibility index (Phi) is 4.53. The van der Waals surface area contributed by atoms with Gasteiger partial charge < -0.3 is 5.32 Å². The number of rotatable bonds is 5. The first-order chi connectivity index (χ1) is 12.2. The molecule has 1 aromatic heterocycles. The van der Waals surface area contributed by atoms with Crippen LogP contribution in [0.5, 0.6) is 0 Å². The number of nitrogens with one attached hydrogen (secondary N) is 2. The van der Waals surface area contributed by atoms with E-state index in [0.29, 0.717) is 12.0 Å². The molecular formula is C19H23FN4O. The standard InChI is InChI=1S/C19H23FN4O/c20-15-5-3-13(4-6-15)18(19(25)22-16-7-8-16)24-11-1-2-14(12-24)17-9-10-21-23-17/h3-6,9-10,14,16,18H,1-2,7-8,11-12H2,(H,21,23)(H,22,25)/t14-,18+/m0/s1. The summed E-state index contributed by atoms with van der Waals surface area (Å²) < 4.78 is 13.3. The number of halogens is 1. The van der Waals surface area contributed by atoms with Crippen LogP contribution in [0, 0.1) is 5.82 Å². The molecule has 1 saturated carbocycles. The Labute approximate surface area is 146 Å². The summed E-state index contributed by atoms with van der Waals surface area (Å²) in [7, 11) is 0. The lowest BCUT2D eigenvalue weighted by Crippen LogP contribution is -2.45. The summed E-state index contributed by atoms with van der Waals surface area (Å²) in [4.78, 5) is 15.1. The van der Waals surface area contributed by atoms with Gasteiger partial charge in [-0.1, -0.05) is 12.1 Å². The first-order valence-corrected chi connectivity index (χ1v) is 9.00. The largest absolute Gasteiger partial charge is 0.352 e. The summed E-state index contributed by atoms with van der Waals surface area (Å²) in [6.45, 7) is 1.66. The van der Waals surface area contributed by atoms with Crippen molar-refractivity contribution in [3.8, 4) is 0 Å². The van der Waals surface area contributed by atoms with Gasteiger partial charge in [-0.15, -0.1) is 0 Å². The highest BCUT2D eigenvalue weighted by Crippen LogP contribution is 2.32. The second-order valence-corrected chi connectivity index (χ2v) is 7.08. The van der Waals surface area contributed by atoms with Crippen molar-refractivity contribution in [3.63, 3.8) is 0 Å². The predicted octanol–water partition coefficient (Wildman–Crippen LogP) is 2.75. The van der Waals surface area contributed by atoms with Crippen LogP contribution >= 0.6 is 0 Å². The van der Waals surface area contributed by atoms with Gasteiger partial charge in [0.2, 0.25) is 5.91 Å². The molecule has 1 amide bonds. The lowest BCUT2D eigenvalue weighted by atomic mass is 9.92. The first-order valence-electron chi connectivity index (χ1n) is 9.00. The van der Waals surface area contributed by atoms with Gasteiger partial charge in [0.15, 0.2) is 0 Å². The fourth-order valence-electron chi connectivity index (χ4n) is 3.67. The lowest BCUT2D eigenvalue weighted by molar-refractivity contribution is -0.127. The topological polar surface area (TPSA) is 61.0 Å². The second-order valence-electron chi connectivity index (χ2n) is 7.08. The highest BCUT2D eigenvalue weighted by atomic mass is 19.1. The molecule has 2 N–H and O–H groups in total. The minimum atomic E-state index is -0.369. The van der Waals surface area contributed by atoms with Gasteiger partial charge in [-0.3, -0.25) is 14.8 Å².